The summed E-state index contributed by atoms with van der Waals surface area (Å²) in [6.07, 6.45) is -9.08. The highest BCUT2D eigenvalue weighted by atomic mass is 16.7. The molecule has 0 unspecified atom stereocenters. The molecule has 13 heteroatoms. The first-order valence-corrected chi connectivity index (χ1v) is 8.78. The number of benzene rings is 1. The van der Waals surface area contributed by atoms with Gasteiger partial charge in [-0.25, -0.2) is 4.79 Å². The summed E-state index contributed by atoms with van der Waals surface area (Å²) in [7, 11) is 4.92. The molecule has 0 bridgehead atoms. The quantitative estimate of drug-likeness (QED) is 0.254. The molecule has 5 atom stereocenters. The van der Waals surface area contributed by atoms with Gasteiger partial charge < -0.3 is 45.7 Å². The summed E-state index contributed by atoms with van der Waals surface area (Å²) in [5.74, 6) is -3.10. The minimum Gasteiger partial charge on any atom is -0.479 e. The topological polar surface area (TPSA) is 198 Å². The van der Waals surface area contributed by atoms with E-state index in [4.69, 9.17) is 28.2 Å². The van der Waals surface area contributed by atoms with E-state index >= 15 is 0 Å². The third-order valence-electron chi connectivity index (χ3n) is 4.13. The number of carbonyl (C=O) groups is 3. The lowest BCUT2D eigenvalue weighted by Crippen LogP contribution is -2.61. The Bertz CT molecular complexity index is 792. The van der Waals surface area contributed by atoms with Crippen LogP contribution in [0.15, 0.2) is 18.2 Å². The van der Waals surface area contributed by atoms with Crippen LogP contribution in [0.5, 0.6) is 5.75 Å². The lowest BCUT2D eigenvalue weighted by molar-refractivity contribution is -0.271. The van der Waals surface area contributed by atoms with Gasteiger partial charge in [0.1, 0.15) is 30.7 Å². The van der Waals surface area contributed by atoms with E-state index in [2.05, 4.69) is 10.1 Å². The monoisotopic (exact) mass is 424 g/mol. The van der Waals surface area contributed by atoms with E-state index in [1.165, 1.54) is 18.2 Å². The van der Waals surface area contributed by atoms with Gasteiger partial charge in [-0.3, -0.25) is 9.59 Å². The molecule has 1 fully saturated rings. The maximum absolute atomic E-state index is 12.0. The van der Waals surface area contributed by atoms with Crippen molar-refractivity contribution >= 4 is 31.3 Å². The highest BCUT2D eigenvalue weighted by molar-refractivity contribution is 6.55. The molecule has 1 amide bonds. The Morgan fingerprint density at radius 3 is 2.47 bits per heavy atom. The van der Waals surface area contributed by atoms with Crippen LogP contribution < -0.4 is 15.8 Å². The number of aliphatic carboxylic acids is 1. The SMILES string of the molecule is [B]C(=O)OCc1ccc(O[C@@H]2O[C@H](C(=O)O)[C@@H](O)[C@H](O)[C@H]2O)c(NC(=O)CCN)c1. The molecule has 12 nitrogen and oxygen atoms in total. The highest BCUT2D eigenvalue weighted by Gasteiger charge is 2.48. The number of aliphatic hydroxyl groups excluding tert-OH is 3. The Kier molecular flexibility index (Phi) is 8.14. The number of hydrogen-bond donors (Lipinski definition) is 6. The maximum atomic E-state index is 12.0. The van der Waals surface area contributed by atoms with E-state index < -0.39 is 48.5 Å². The van der Waals surface area contributed by atoms with E-state index in [0.29, 0.717) is 5.56 Å². The summed E-state index contributed by atoms with van der Waals surface area (Å²) in [5, 5.41) is 41.4. The first kappa shape index (κ1) is 23.6. The van der Waals surface area contributed by atoms with Gasteiger partial charge in [0.15, 0.2) is 6.10 Å². The number of carboxylic acid groups (broad SMARTS) is 1. The summed E-state index contributed by atoms with van der Waals surface area (Å²) in [5.41, 5.74) is 5.84. The zero-order chi connectivity index (χ0) is 22.4. The minimum atomic E-state index is -1.88. The molecule has 2 rings (SSSR count). The van der Waals surface area contributed by atoms with Crippen molar-refractivity contribution in [1.82, 2.24) is 0 Å². The fourth-order valence-corrected chi connectivity index (χ4v) is 2.64. The maximum Gasteiger partial charge on any atom is 0.335 e. The number of hydrogen-bond acceptors (Lipinski definition) is 10. The van der Waals surface area contributed by atoms with Crippen LogP contribution in [0.3, 0.4) is 0 Å². The van der Waals surface area contributed by atoms with Crippen LogP contribution in [0.1, 0.15) is 12.0 Å². The smallest absolute Gasteiger partial charge is 0.335 e. The van der Waals surface area contributed by atoms with Crippen molar-refractivity contribution in [1.29, 1.82) is 0 Å². The first-order chi connectivity index (χ1) is 14.1. The first-order valence-electron chi connectivity index (χ1n) is 8.78. The average Bonchev–Trinajstić information content (AvgIpc) is 2.68. The zero-order valence-corrected chi connectivity index (χ0v) is 15.6. The number of anilines is 1. The van der Waals surface area contributed by atoms with Crippen molar-refractivity contribution < 1.29 is 49.0 Å². The Labute approximate surface area is 171 Å². The number of ether oxygens (including phenoxy) is 3. The van der Waals surface area contributed by atoms with Gasteiger partial charge in [-0.2, -0.15) is 0 Å². The Morgan fingerprint density at radius 1 is 1.17 bits per heavy atom. The van der Waals surface area contributed by atoms with Crippen LogP contribution >= 0.6 is 0 Å². The number of nitrogens with one attached hydrogen (secondary N) is 1. The van der Waals surface area contributed by atoms with Gasteiger partial charge in [-0.05, 0) is 17.7 Å². The normalized spacial score (nSPS) is 25.9. The van der Waals surface area contributed by atoms with E-state index in [-0.39, 0.29) is 31.0 Å². The molecule has 1 aromatic rings. The van der Waals surface area contributed by atoms with Crippen molar-refractivity contribution in [2.45, 2.75) is 43.7 Å². The molecule has 162 valence electrons. The van der Waals surface area contributed by atoms with Gasteiger partial charge in [-0.15, -0.1) is 0 Å². The van der Waals surface area contributed by atoms with Crippen molar-refractivity contribution in [2.75, 3.05) is 11.9 Å². The van der Waals surface area contributed by atoms with Gasteiger partial charge in [0.05, 0.1) is 5.69 Å². The third kappa shape index (κ3) is 5.90. The average molecular weight is 424 g/mol. The molecule has 0 aliphatic carbocycles. The third-order valence-corrected chi connectivity index (χ3v) is 4.13. The van der Waals surface area contributed by atoms with Crippen LogP contribution in [0.25, 0.3) is 0 Å². The standard InChI is InChI=1S/C17H21BN2O10/c18-17(27)28-6-7-1-2-9(8(5-7)20-10(21)3-4-19)29-16-13(24)11(22)12(23)14(30-16)15(25)26/h1-2,5,11-14,16,22-24H,3-4,6,19H2,(H,20,21)(H,25,26)/t11-,12-,13+,14-,16+/m0/s1. The second-order valence-corrected chi connectivity index (χ2v) is 6.38. The Hall–Kier alpha value is -2.71. The molecule has 0 spiro atoms. The summed E-state index contributed by atoms with van der Waals surface area (Å²) < 4.78 is 15.2. The number of carboxylic acids is 1. The second-order valence-electron chi connectivity index (χ2n) is 6.38. The number of carbonyl (C=O) groups excluding carboxylic acids is 2. The molecule has 2 radical (unpaired) electrons. The van der Waals surface area contributed by atoms with Crippen LogP contribution in [0, 0.1) is 0 Å². The van der Waals surface area contributed by atoms with Gasteiger partial charge in [0.25, 0.3) is 0 Å². The molecule has 1 aliphatic rings. The van der Waals surface area contributed by atoms with Crippen LogP contribution in [0.2, 0.25) is 0 Å². The largest absolute Gasteiger partial charge is 0.479 e. The molecule has 30 heavy (non-hydrogen) atoms. The number of nitrogens with two attached hydrogens (primary N) is 1. The predicted molar refractivity (Wildman–Crippen MR) is 99.6 cm³/mol. The number of aliphatic hydroxyl groups is 3. The van der Waals surface area contributed by atoms with Crippen molar-refractivity contribution in [3.05, 3.63) is 23.8 Å². The van der Waals surface area contributed by atoms with Crippen LogP contribution in [0.4, 0.5) is 10.5 Å². The Balaban J connectivity index is 2.28. The molecule has 0 saturated carbocycles. The van der Waals surface area contributed by atoms with Crippen LogP contribution in [-0.2, 0) is 25.7 Å². The second kappa shape index (κ2) is 10.4. The molecular weight excluding hydrogens is 403 g/mol. The fraction of sp³-hybridized carbons (Fsp3) is 0.471. The summed E-state index contributed by atoms with van der Waals surface area (Å²) in [6.45, 7) is -0.134. The van der Waals surface area contributed by atoms with Gasteiger partial charge in [-0.1, -0.05) is 6.07 Å². The molecular formula is C17H21BN2O10. The van der Waals surface area contributed by atoms with Crippen molar-refractivity contribution in [2.24, 2.45) is 5.73 Å². The van der Waals surface area contributed by atoms with Crippen molar-refractivity contribution in [3.8, 4) is 5.75 Å². The summed E-state index contributed by atoms with van der Waals surface area (Å²) in [4.78, 5) is 34.0. The summed E-state index contributed by atoms with van der Waals surface area (Å²) in [6, 6.07) is 4.18. The lowest BCUT2D eigenvalue weighted by atomic mass is 9.99. The molecule has 1 saturated heterocycles. The lowest BCUT2D eigenvalue weighted by Gasteiger charge is -2.38. The van der Waals surface area contributed by atoms with Gasteiger partial charge in [0, 0.05) is 13.0 Å². The van der Waals surface area contributed by atoms with E-state index in [0.717, 1.165) is 0 Å². The Morgan fingerprint density at radius 2 is 1.87 bits per heavy atom. The molecule has 1 aromatic carbocycles. The van der Waals surface area contributed by atoms with Gasteiger partial charge in [0.2, 0.25) is 25.9 Å². The number of amides is 1. The molecule has 7 N–H and O–H groups in total. The summed E-state index contributed by atoms with van der Waals surface area (Å²) >= 11 is 0. The van der Waals surface area contributed by atoms with Crippen LogP contribution in [-0.4, -0.2) is 83.3 Å². The van der Waals surface area contributed by atoms with E-state index in [1.54, 1.807) is 0 Å². The highest BCUT2D eigenvalue weighted by Crippen LogP contribution is 2.31. The van der Waals surface area contributed by atoms with E-state index in [9.17, 15) is 29.7 Å². The van der Waals surface area contributed by atoms with Crippen molar-refractivity contribution in [3.63, 3.8) is 0 Å². The number of rotatable bonds is 8. The van der Waals surface area contributed by atoms with E-state index in [1.807, 2.05) is 0 Å². The molecule has 0 aromatic heterocycles. The fourth-order valence-electron chi connectivity index (χ4n) is 2.64. The zero-order valence-electron chi connectivity index (χ0n) is 15.6. The minimum absolute atomic E-state index is 0.0179. The molecule has 1 aliphatic heterocycles. The van der Waals surface area contributed by atoms with Gasteiger partial charge >= 0.3 is 5.97 Å². The predicted octanol–water partition coefficient (Wildman–Crippen LogP) is -1.95. The molecule has 1 heterocycles.